The van der Waals surface area contributed by atoms with Crippen LogP contribution in [0.5, 0.6) is 11.5 Å². The largest absolute Gasteiger partial charge is 0.457 e. The number of fused-ring (bicyclic) bond motifs is 5. The van der Waals surface area contributed by atoms with E-state index in [-0.39, 0.29) is 34.8 Å². The minimum Gasteiger partial charge on any atom is -0.457 e. The molecule has 2 heterocycles. The van der Waals surface area contributed by atoms with Crippen LogP contribution >= 0.6 is 11.6 Å². The van der Waals surface area contributed by atoms with Crippen molar-refractivity contribution in [1.82, 2.24) is 0 Å². The van der Waals surface area contributed by atoms with Crippen LogP contribution in [0.1, 0.15) is 36.8 Å². The van der Waals surface area contributed by atoms with Gasteiger partial charge in [0.15, 0.2) is 0 Å². The molecule has 0 amide bonds. The van der Waals surface area contributed by atoms with Crippen molar-refractivity contribution < 1.29 is 23.8 Å². The van der Waals surface area contributed by atoms with Crippen LogP contribution in [-0.2, 0) is 16.0 Å². The molecule has 3 fully saturated rings. The Morgan fingerprint density at radius 2 is 1.90 bits per heavy atom. The standard InChI is InChI=1S/C23H22ClFO4/c1-2-11-3-4-12(28-13-5-6-15(24)16(25)10-13)9-14(11)19-22(26)20-17-7-8-18(29-17)21(20)23(19)27/h3-6,9-10,17-22,26H,2,7-8H2,1H3. The highest BCUT2D eigenvalue weighted by Gasteiger charge is 2.62. The Labute approximate surface area is 173 Å². The zero-order chi connectivity index (χ0) is 20.3. The SMILES string of the molecule is CCc1ccc(Oc2ccc(Cl)c(F)c2)cc1C1C(=O)C2C3CCC(O3)C2C1O. The van der Waals surface area contributed by atoms with E-state index in [2.05, 4.69) is 0 Å². The lowest BCUT2D eigenvalue weighted by molar-refractivity contribution is -0.124. The first-order valence-electron chi connectivity index (χ1n) is 10.1. The van der Waals surface area contributed by atoms with E-state index >= 15 is 0 Å². The van der Waals surface area contributed by atoms with Crippen LogP contribution in [0.2, 0.25) is 5.02 Å². The minimum atomic E-state index is -0.753. The molecular formula is C23H22ClFO4. The van der Waals surface area contributed by atoms with Gasteiger partial charge in [-0.3, -0.25) is 4.79 Å². The molecular weight excluding hydrogens is 395 g/mol. The normalized spacial score (nSPS) is 32.6. The predicted molar refractivity (Wildman–Crippen MR) is 106 cm³/mol. The summed E-state index contributed by atoms with van der Waals surface area (Å²) in [6.07, 6.45) is 1.71. The summed E-state index contributed by atoms with van der Waals surface area (Å²) in [5.74, 6) is -0.575. The summed E-state index contributed by atoms with van der Waals surface area (Å²) in [5, 5.41) is 11.1. The molecule has 152 valence electrons. The molecule has 6 atom stereocenters. The van der Waals surface area contributed by atoms with Crippen molar-refractivity contribution in [2.45, 2.75) is 50.4 Å². The molecule has 4 nitrogen and oxygen atoms in total. The number of aliphatic hydroxyl groups excluding tert-OH is 1. The summed E-state index contributed by atoms with van der Waals surface area (Å²) in [6.45, 7) is 2.02. The molecule has 2 aliphatic heterocycles. The number of benzene rings is 2. The van der Waals surface area contributed by atoms with Gasteiger partial charge in [0, 0.05) is 12.0 Å². The van der Waals surface area contributed by atoms with Crippen molar-refractivity contribution in [3.05, 3.63) is 58.4 Å². The van der Waals surface area contributed by atoms with Crippen molar-refractivity contribution in [1.29, 1.82) is 0 Å². The number of halogens is 2. The van der Waals surface area contributed by atoms with Gasteiger partial charge in [-0.1, -0.05) is 24.6 Å². The maximum absolute atomic E-state index is 13.7. The lowest BCUT2D eigenvalue weighted by Crippen LogP contribution is -2.31. The molecule has 1 N–H and O–H groups in total. The number of hydrogen-bond acceptors (Lipinski definition) is 4. The average Bonchev–Trinajstić information content (AvgIpc) is 3.39. The van der Waals surface area contributed by atoms with Crippen molar-refractivity contribution in [3.8, 4) is 11.5 Å². The first kappa shape index (κ1) is 19.0. The summed E-state index contributed by atoms with van der Waals surface area (Å²) < 4.78 is 25.4. The summed E-state index contributed by atoms with van der Waals surface area (Å²) in [6, 6.07) is 9.78. The summed E-state index contributed by atoms with van der Waals surface area (Å²) in [5.41, 5.74) is 1.80. The van der Waals surface area contributed by atoms with E-state index in [1.165, 1.54) is 12.1 Å². The number of ketones is 1. The zero-order valence-corrected chi connectivity index (χ0v) is 16.7. The van der Waals surface area contributed by atoms with Crippen LogP contribution < -0.4 is 4.74 Å². The molecule has 0 radical (unpaired) electrons. The van der Waals surface area contributed by atoms with E-state index in [0.717, 1.165) is 30.4 Å². The van der Waals surface area contributed by atoms with Crippen LogP contribution in [0.25, 0.3) is 0 Å². The summed E-state index contributed by atoms with van der Waals surface area (Å²) >= 11 is 5.74. The predicted octanol–water partition coefficient (Wildman–Crippen LogP) is 4.65. The van der Waals surface area contributed by atoms with Gasteiger partial charge in [-0.15, -0.1) is 0 Å². The Morgan fingerprint density at radius 3 is 2.62 bits per heavy atom. The smallest absolute Gasteiger partial charge is 0.149 e. The van der Waals surface area contributed by atoms with Crippen molar-refractivity contribution in [3.63, 3.8) is 0 Å². The highest BCUT2D eigenvalue weighted by molar-refractivity contribution is 6.30. The number of hydrogen-bond donors (Lipinski definition) is 1. The highest BCUT2D eigenvalue weighted by atomic mass is 35.5. The second kappa shape index (κ2) is 7.08. The van der Waals surface area contributed by atoms with E-state index in [9.17, 15) is 14.3 Å². The average molecular weight is 417 g/mol. The third kappa shape index (κ3) is 2.98. The van der Waals surface area contributed by atoms with E-state index in [4.69, 9.17) is 21.1 Å². The first-order valence-corrected chi connectivity index (χ1v) is 10.5. The maximum Gasteiger partial charge on any atom is 0.149 e. The van der Waals surface area contributed by atoms with Crippen LogP contribution in [-0.4, -0.2) is 29.2 Å². The van der Waals surface area contributed by atoms with E-state index in [0.29, 0.717) is 11.5 Å². The molecule has 2 aromatic carbocycles. The van der Waals surface area contributed by atoms with Crippen LogP contribution in [0.3, 0.4) is 0 Å². The molecule has 1 saturated carbocycles. The molecule has 2 saturated heterocycles. The Balaban J connectivity index is 1.48. The fraction of sp³-hybridized carbons (Fsp3) is 0.435. The molecule has 29 heavy (non-hydrogen) atoms. The minimum absolute atomic E-state index is 0.0181. The number of Topliss-reactive ketones (excluding diaryl/α,β-unsaturated/α-hetero) is 1. The topological polar surface area (TPSA) is 55.8 Å². The fourth-order valence-corrected chi connectivity index (χ4v) is 5.50. The van der Waals surface area contributed by atoms with Gasteiger partial charge >= 0.3 is 0 Å². The molecule has 3 aliphatic rings. The summed E-state index contributed by atoms with van der Waals surface area (Å²) in [4.78, 5) is 13.3. The van der Waals surface area contributed by atoms with E-state index in [1.54, 1.807) is 18.2 Å². The van der Waals surface area contributed by atoms with Gasteiger partial charge in [0.1, 0.15) is 23.1 Å². The third-order valence-electron chi connectivity index (χ3n) is 6.66. The van der Waals surface area contributed by atoms with Gasteiger partial charge in [-0.05, 0) is 54.7 Å². The van der Waals surface area contributed by atoms with Crippen LogP contribution in [0.4, 0.5) is 4.39 Å². The molecule has 2 aromatic rings. The fourth-order valence-electron chi connectivity index (χ4n) is 5.38. The van der Waals surface area contributed by atoms with Gasteiger partial charge in [0.2, 0.25) is 0 Å². The lowest BCUT2D eigenvalue weighted by atomic mass is 9.81. The first-order chi connectivity index (χ1) is 14.0. The Morgan fingerprint density at radius 1 is 1.17 bits per heavy atom. The number of carbonyl (C=O) groups is 1. The maximum atomic E-state index is 13.7. The number of carbonyl (C=O) groups excluding carboxylic acids is 1. The van der Waals surface area contributed by atoms with Crippen LogP contribution in [0, 0.1) is 17.7 Å². The molecule has 6 unspecified atom stereocenters. The van der Waals surface area contributed by atoms with E-state index in [1.807, 2.05) is 13.0 Å². The van der Waals surface area contributed by atoms with Gasteiger partial charge in [0.05, 0.1) is 35.2 Å². The monoisotopic (exact) mass is 416 g/mol. The molecule has 0 spiro atoms. The molecule has 1 aliphatic carbocycles. The Kier molecular flexibility index (Phi) is 4.65. The van der Waals surface area contributed by atoms with Gasteiger partial charge in [-0.2, -0.15) is 0 Å². The summed E-state index contributed by atoms with van der Waals surface area (Å²) in [7, 11) is 0. The second-order valence-corrected chi connectivity index (χ2v) is 8.56. The number of rotatable bonds is 4. The molecule has 6 heteroatoms. The Hall–Kier alpha value is -1.95. The number of aryl methyl sites for hydroxylation is 1. The Bertz CT molecular complexity index is 977. The van der Waals surface area contributed by atoms with Crippen molar-refractivity contribution >= 4 is 17.4 Å². The van der Waals surface area contributed by atoms with Gasteiger partial charge in [0.25, 0.3) is 0 Å². The van der Waals surface area contributed by atoms with Crippen LogP contribution in [0.15, 0.2) is 36.4 Å². The highest BCUT2D eigenvalue weighted by Crippen LogP contribution is 2.54. The quantitative estimate of drug-likeness (QED) is 0.787. The molecule has 0 aromatic heterocycles. The van der Waals surface area contributed by atoms with Crippen molar-refractivity contribution in [2.75, 3.05) is 0 Å². The number of ether oxygens (including phenoxy) is 2. The van der Waals surface area contributed by atoms with Gasteiger partial charge < -0.3 is 14.6 Å². The molecule has 5 rings (SSSR count). The van der Waals surface area contributed by atoms with Crippen molar-refractivity contribution in [2.24, 2.45) is 11.8 Å². The second-order valence-electron chi connectivity index (χ2n) is 8.16. The third-order valence-corrected chi connectivity index (χ3v) is 6.97. The van der Waals surface area contributed by atoms with Gasteiger partial charge in [-0.25, -0.2) is 4.39 Å². The number of aliphatic hydroxyl groups is 1. The van der Waals surface area contributed by atoms with E-state index < -0.39 is 17.8 Å². The lowest BCUT2D eigenvalue weighted by Gasteiger charge is -2.23. The zero-order valence-electron chi connectivity index (χ0n) is 16.0. The molecule has 2 bridgehead atoms.